The van der Waals surface area contributed by atoms with Crippen molar-refractivity contribution in [3.05, 3.63) is 65.2 Å². The molecule has 0 unspecified atom stereocenters. The molecule has 0 saturated heterocycles. The van der Waals surface area contributed by atoms with E-state index in [9.17, 15) is 4.79 Å². The summed E-state index contributed by atoms with van der Waals surface area (Å²) in [5, 5.41) is 3.04. The summed E-state index contributed by atoms with van der Waals surface area (Å²) in [5.41, 5.74) is 3.42. The minimum absolute atomic E-state index is 0.0433. The standard InChI is InChI=1S/C20H25NO2/c1-5-19(23-18-8-6-7-15(3)13-18)20(22)21-16(4)17-11-9-14(2)10-12-17/h6-13,16,19H,5H2,1-4H3,(H,21,22)/t16-,19-/m0/s1. The lowest BCUT2D eigenvalue weighted by molar-refractivity contribution is -0.128. The molecular weight excluding hydrogens is 286 g/mol. The van der Waals surface area contributed by atoms with Gasteiger partial charge in [0.2, 0.25) is 0 Å². The summed E-state index contributed by atoms with van der Waals surface area (Å²) < 4.78 is 5.85. The number of carbonyl (C=O) groups excluding carboxylic acids is 1. The predicted molar refractivity (Wildman–Crippen MR) is 93.6 cm³/mol. The molecule has 3 nitrogen and oxygen atoms in total. The largest absolute Gasteiger partial charge is 0.481 e. The van der Waals surface area contributed by atoms with Crippen LogP contribution in [0.3, 0.4) is 0 Å². The summed E-state index contributed by atoms with van der Waals surface area (Å²) in [4.78, 5) is 12.5. The van der Waals surface area contributed by atoms with E-state index in [1.165, 1.54) is 5.56 Å². The van der Waals surface area contributed by atoms with Gasteiger partial charge in [-0.05, 0) is 50.5 Å². The number of hydrogen-bond donors (Lipinski definition) is 1. The van der Waals surface area contributed by atoms with E-state index in [4.69, 9.17) is 4.74 Å². The lowest BCUT2D eigenvalue weighted by Gasteiger charge is -2.21. The molecule has 1 amide bonds. The Labute approximate surface area is 138 Å². The molecule has 0 aliphatic rings. The number of nitrogens with one attached hydrogen (secondary N) is 1. The third-order valence-corrected chi connectivity index (χ3v) is 3.87. The van der Waals surface area contributed by atoms with Crippen molar-refractivity contribution < 1.29 is 9.53 Å². The summed E-state index contributed by atoms with van der Waals surface area (Å²) in [5.74, 6) is 0.650. The maximum atomic E-state index is 12.5. The monoisotopic (exact) mass is 311 g/mol. The van der Waals surface area contributed by atoms with Crippen LogP contribution in [0.4, 0.5) is 0 Å². The highest BCUT2D eigenvalue weighted by Crippen LogP contribution is 2.17. The Morgan fingerprint density at radius 3 is 2.39 bits per heavy atom. The van der Waals surface area contributed by atoms with E-state index < -0.39 is 6.10 Å². The molecule has 2 rings (SSSR count). The molecule has 0 fully saturated rings. The molecular formula is C20H25NO2. The molecule has 0 heterocycles. The second-order valence-corrected chi connectivity index (χ2v) is 5.97. The van der Waals surface area contributed by atoms with Crippen LogP contribution in [0.2, 0.25) is 0 Å². The van der Waals surface area contributed by atoms with E-state index in [0.717, 1.165) is 16.9 Å². The first-order valence-corrected chi connectivity index (χ1v) is 8.10. The van der Waals surface area contributed by atoms with Gasteiger partial charge in [0.05, 0.1) is 6.04 Å². The first-order valence-electron chi connectivity index (χ1n) is 8.10. The highest BCUT2D eigenvalue weighted by Gasteiger charge is 2.20. The van der Waals surface area contributed by atoms with Gasteiger partial charge in [0.1, 0.15) is 5.75 Å². The van der Waals surface area contributed by atoms with E-state index in [1.807, 2.05) is 57.2 Å². The molecule has 23 heavy (non-hydrogen) atoms. The maximum Gasteiger partial charge on any atom is 0.261 e. The zero-order chi connectivity index (χ0) is 16.8. The van der Waals surface area contributed by atoms with Gasteiger partial charge in [-0.3, -0.25) is 4.79 Å². The zero-order valence-electron chi connectivity index (χ0n) is 14.3. The number of amides is 1. The maximum absolute atomic E-state index is 12.5. The lowest BCUT2D eigenvalue weighted by atomic mass is 10.1. The fraction of sp³-hybridized carbons (Fsp3) is 0.350. The molecule has 2 aromatic carbocycles. The molecule has 0 aliphatic heterocycles. The molecule has 0 spiro atoms. The van der Waals surface area contributed by atoms with E-state index in [0.29, 0.717) is 6.42 Å². The first-order chi connectivity index (χ1) is 11.0. The molecule has 2 aromatic rings. The third-order valence-electron chi connectivity index (χ3n) is 3.87. The average Bonchev–Trinajstić information content (AvgIpc) is 2.53. The van der Waals surface area contributed by atoms with Crippen LogP contribution in [-0.2, 0) is 4.79 Å². The van der Waals surface area contributed by atoms with Crippen molar-refractivity contribution in [2.24, 2.45) is 0 Å². The Bertz CT molecular complexity index is 649. The van der Waals surface area contributed by atoms with Crippen molar-refractivity contribution in [3.8, 4) is 5.75 Å². The molecule has 0 aliphatic carbocycles. The minimum Gasteiger partial charge on any atom is -0.481 e. The van der Waals surface area contributed by atoms with Crippen LogP contribution in [0.5, 0.6) is 5.75 Å². The summed E-state index contributed by atoms with van der Waals surface area (Å²) in [6, 6.07) is 15.9. The van der Waals surface area contributed by atoms with Crippen LogP contribution in [0, 0.1) is 13.8 Å². The molecule has 0 aromatic heterocycles. The van der Waals surface area contributed by atoms with Gasteiger partial charge in [0, 0.05) is 0 Å². The molecule has 122 valence electrons. The summed E-state index contributed by atoms with van der Waals surface area (Å²) in [7, 11) is 0. The first kappa shape index (κ1) is 17.1. The number of ether oxygens (including phenoxy) is 1. The van der Waals surface area contributed by atoms with Gasteiger partial charge in [-0.1, -0.05) is 48.9 Å². The van der Waals surface area contributed by atoms with Gasteiger partial charge >= 0.3 is 0 Å². The normalized spacial score (nSPS) is 13.2. The Kier molecular flexibility index (Phi) is 5.80. The van der Waals surface area contributed by atoms with Crippen LogP contribution >= 0.6 is 0 Å². The van der Waals surface area contributed by atoms with Crippen molar-refractivity contribution in [1.82, 2.24) is 5.32 Å². The Morgan fingerprint density at radius 1 is 1.09 bits per heavy atom. The second kappa shape index (κ2) is 7.82. The summed E-state index contributed by atoms with van der Waals surface area (Å²) in [6.45, 7) is 8.00. The summed E-state index contributed by atoms with van der Waals surface area (Å²) >= 11 is 0. The molecule has 1 N–H and O–H groups in total. The van der Waals surface area contributed by atoms with Crippen molar-refractivity contribution in [1.29, 1.82) is 0 Å². The molecule has 0 saturated carbocycles. The Morgan fingerprint density at radius 2 is 1.78 bits per heavy atom. The van der Waals surface area contributed by atoms with Crippen LogP contribution in [0.1, 0.15) is 43.0 Å². The number of carbonyl (C=O) groups is 1. The molecule has 2 atom stereocenters. The number of rotatable bonds is 6. The van der Waals surface area contributed by atoms with Gasteiger partial charge in [0.25, 0.3) is 5.91 Å². The second-order valence-electron chi connectivity index (χ2n) is 5.97. The summed E-state index contributed by atoms with van der Waals surface area (Å²) in [6.07, 6.45) is 0.144. The van der Waals surface area contributed by atoms with Gasteiger partial charge in [0.15, 0.2) is 6.10 Å². The van der Waals surface area contributed by atoms with Gasteiger partial charge in [-0.2, -0.15) is 0 Å². The fourth-order valence-corrected chi connectivity index (χ4v) is 2.42. The molecule has 3 heteroatoms. The smallest absolute Gasteiger partial charge is 0.261 e. The van der Waals surface area contributed by atoms with Gasteiger partial charge < -0.3 is 10.1 Å². The molecule has 0 radical (unpaired) electrons. The highest BCUT2D eigenvalue weighted by atomic mass is 16.5. The van der Waals surface area contributed by atoms with Crippen molar-refractivity contribution in [3.63, 3.8) is 0 Å². The van der Waals surface area contributed by atoms with E-state index in [1.54, 1.807) is 0 Å². The van der Waals surface area contributed by atoms with Crippen molar-refractivity contribution in [2.45, 2.75) is 46.3 Å². The average molecular weight is 311 g/mol. The number of aryl methyl sites for hydroxylation is 2. The van der Waals surface area contributed by atoms with E-state index in [-0.39, 0.29) is 11.9 Å². The topological polar surface area (TPSA) is 38.3 Å². The fourth-order valence-electron chi connectivity index (χ4n) is 2.42. The highest BCUT2D eigenvalue weighted by molar-refractivity contribution is 5.81. The van der Waals surface area contributed by atoms with Crippen LogP contribution in [-0.4, -0.2) is 12.0 Å². The lowest BCUT2D eigenvalue weighted by Crippen LogP contribution is -2.39. The van der Waals surface area contributed by atoms with E-state index in [2.05, 4.69) is 24.4 Å². The molecule has 0 bridgehead atoms. The third kappa shape index (κ3) is 4.85. The van der Waals surface area contributed by atoms with Crippen molar-refractivity contribution >= 4 is 5.91 Å². The minimum atomic E-state index is -0.482. The quantitative estimate of drug-likeness (QED) is 0.862. The Balaban J connectivity index is 2.00. The SMILES string of the molecule is CC[C@H](Oc1cccc(C)c1)C(=O)N[C@@H](C)c1ccc(C)cc1. The van der Waals surface area contributed by atoms with Crippen molar-refractivity contribution in [2.75, 3.05) is 0 Å². The van der Waals surface area contributed by atoms with Crippen LogP contribution < -0.4 is 10.1 Å². The van der Waals surface area contributed by atoms with Gasteiger partial charge in [-0.25, -0.2) is 0 Å². The number of hydrogen-bond acceptors (Lipinski definition) is 2. The van der Waals surface area contributed by atoms with Crippen LogP contribution in [0.15, 0.2) is 48.5 Å². The Hall–Kier alpha value is -2.29. The van der Waals surface area contributed by atoms with Crippen LogP contribution in [0.25, 0.3) is 0 Å². The van der Waals surface area contributed by atoms with Gasteiger partial charge in [-0.15, -0.1) is 0 Å². The predicted octanol–water partition coefficient (Wildman–Crippen LogP) is 4.34. The number of benzene rings is 2. The zero-order valence-corrected chi connectivity index (χ0v) is 14.3. The van der Waals surface area contributed by atoms with E-state index >= 15 is 0 Å².